The summed E-state index contributed by atoms with van der Waals surface area (Å²) in [4.78, 5) is 13.9. The molecule has 1 saturated heterocycles. The van der Waals surface area contributed by atoms with Crippen molar-refractivity contribution in [3.8, 4) is 0 Å². The molecule has 106 valence electrons. The molecule has 0 aromatic carbocycles. The van der Waals surface area contributed by atoms with Crippen LogP contribution in [0, 0.1) is 0 Å². The Labute approximate surface area is 124 Å². The van der Waals surface area contributed by atoms with Crippen molar-refractivity contribution in [2.24, 2.45) is 0 Å². The first-order chi connectivity index (χ1) is 8.97. The van der Waals surface area contributed by atoms with Crippen LogP contribution in [-0.2, 0) is 9.84 Å². The molecule has 1 aliphatic heterocycles. The number of thioether (sulfide) groups is 1. The Morgan fingerprint density at radius 2 is 2.37 bits per heavy atom. The van der Waals surface area contributed by atoms with Gasteiger partial charge in [0, 0.05) is 23.8 Å². The van der Waals surface area contributed by atoms with Gasteiger partial charge in [0.05, 0.1) is 11.8 Å². The number of nitrogens with zero attached hydrogens (tertiary/aromatic N) is 1. The predicted molar refractivity (Wildman–Crippen MR) is 78.0 cm³/mol. The molecule has 1 aliphatic rings. The van der Waals surface area contributed by atoms with Gasteiger partial charge < -0.3 is 9.32 Å². The number of hydrogen-bond donors (Lipinski definition) is 0. The average Bonchev–Trinajstić information content (AvgIpc) is 2.84. The van der Waals surface area contributed by atoms with Crippen molar-refractivity contribution in [3.05, 3.63) is 22.6 Å². The first-order valence-corrected chi connectivity index (χ1v) is 9.47. The summed E-state index contributed by atoms with van der Waals surface area (Å²) in [7, 11) is -3.28. The molecular weight excluding hydrogens is 354 g/mol. The van der Waals surface area contributed by atoms with Crippen LogP contribution in [0.2, 0.25) is 0 Å². The highest BCUT2D eigenvalue weighted by Gasteiger charge is 2.37. The molecule has 1 aromatic heterocycles. The Hall–Kier alpha value is -0.470. The van der Waals surface area contributed by atoms with Crippen molar-refractivity contribution >= 4 is 43.4 Å². The van der Waals surface area contributed by atoms with Crippen molar-refractivity contribution in [1.82, 2.24) is 4.90 Å². The molecular formula is C11H14BrNO4S2. The molecule has 8 heteroatoms. The summed E-state index contributed by atoms with van der Waals surface area (Å²) in [5.41, 5.74) is 0.364. The van der Waals surface area contributed by atoms with Gasteiger partial charge in [-0.3, -0.25) is 4.79 Å². The van der Waals surface area contributed by atoms with Crippen LogP contribution in [-0.4, -0.2) is 48.4 Å². The molecule has 1 amide bonds. The monoisotopic (exact) mass is 367 g/mol. The van der Waals surface area contributed by atoms with Gasteiger partial charge in [-0.2, -0.15) is 11.8 Å². The summed E-state index contributed by atoms with van der Waals surface area (Å²) in [6.45, 7) is 2.04. The molecule has 2 rings (SSSR count). The van der Waals surface area contributed by atoms with Crippen LogP contribution >= 0.6 is 27.7 Å². The molecule has 1 atom stereocenters. The normalized spacial score (nSPS) is 20.5. The fraction of sp³-hybridized carbons (Fsp3) is 0.545. The molecule has 5 nitrogen and oxygen atoms in total. The van der Waals surface area contributed by atoms with E-state index in [2.05, 4.69) is 15.9 Å². The van der Waals surface area contributed by atoms with E-state index in [9.17, 15) is 13.2 Å². The Morgan fingerprint density at radius 1 is 1.63 bits per heavy atom. The molecule has 2 heterocycles. The molecule has 0 spiro atoms. The molecule has 0 radical (unpaired) electrons. The van der Waals surface area contributed by atoms with E-state index in [1.165, 1.54) is 11.2 Å². The van der Waals surface area contributed by atoms with Crippen LogP contribution in [0.4, 0.5) is 0 Å². The van der Waals surface area contributed by atoms with E-state index >= 15 is 0 Å². The van der Waals surface area contributed by atoms with Crippen LogP contribution in [0.5, 0.6) is 0 Å². The van der Waals surface area contributed by atoms with E-state index < -0.39 is 15.2 Å². The standard InChI is InChI=1S/C11H14BrNO4S2/c1-2-19(15,16)9-7-18-6-4-13(9)11(14)8-3-5-17-10(8)12/h3,5,9H,2,4,6-7H2,1H3. The number of furan rings is 1. The zero-order valence-corrected chi connectivity index (χ0v) is 13.6. The van der Waals surface area contributed by atoms with E-state index in [0.717, 1.165) is 5.75 Å². The van der Waals surface area contributed by atoms with Crippen molar-refractivity contribution in [1.29, 1.82) is 0 Å². The Balaban J connectivity index is 2.31. The second-order valence-electron chi connectivity index (χ2n) is 4.09. The minimum absolute atomic E-state index is 0.0363. The third-order valence-corrected chi connectivity index (χ3v) is 6.91. The molecule has 1 fully saturated rings. The molecule has 1 aromatic rings. The number of carbonyl (C=O) groups is 1. The van der Waals surface area contributed by atoms with Gasteiger partial charge in [-0.25, -0.2) is 8.42 Å². The number of carbonyl (C=O) groups excluding carboxylic acids is 1. The smallest absolute Gasteiger partial charge is 0.259 e. The lowest BCUT2D eigenvalue weighted by Gasteiger charge is -2.34. The third-order valence-electron chi connectivity index (χ3n) is 3.01. The largest absolute Gasteiger partial charge is 0.457 e. The lowest BCUT2D eigenvalue weighted by Crippen LogP contribution is -2.50. The van der Waals surface area contributed by atoms with Gasteiger partial charge in [-0.15, -0.1) is 0 Å². The van der Waals surface area contributed by atoms with Gasteiger partial charge >= 0.3 is 0 Å². The average molecular weight is 368 g/mol. The van der Waals surface area contributed by atoms with Crippen molar-refractivity contribution in [2.75, 3.05) is 23.8 Å². The lowest BCUT2D eigenvalue weighted by atomic mass is 10.3. The van der Waals surface area contributed by atoms with E-state index in [0.29, 0.717) is 22.5 Å². The van der Waals surface area contributed by atoms with Crippen LogP contribution in [0.25, 0.3) is 0 Å². The number of sulfone groups is 1. The van der Waals surface area contributed by atoms with Gasteiger partial charge in [-0.05, 0) is 22.0 Å². The summed E-state index contributed by atoms with van der Waals surface area (Å²) in [6.07, 6.45) is 1.40. The first kappa shape index (κ1) is 14.9. The van der Waals surface area contributed by atoms with Gasteiger partial charge in [0.15, 0.2) is 14.5 Å². The summed E-state index contributed by atoms with van der Waals surface area (Å²) >= 11 is 4.71. The quantitative estimate of drug-likeness (QED) is 0.816. The Bertz CT molecular complexity index is 569. The molecule has 1 unspecified atom stereocenters. The maximum Gasteiger partial charge on any atom is 0.259 e. The second kappa shape index (κ2) is 5.88. The Kier molecular flexibility index (Phi) is 4.62. The second-order valence-corrected chi connectivity index (χ2v) is 8.40. The zero-order chi connectivity index (χ0) is 14.0. The predicted octanol–water partition coefficient (Wildman–Crippen LogP) is 1.99. The molecule has 0 aliphatic carbocycles. The number of amides is 1. The van der Waals surface area contributed by atoms with Gasteiger partial charge in [0.25, 0.3) is 5.91 Å². The zero-order valence-electron chi connectivity index (χ0n) is 10.3. The molecule has 0 saturated carbocycles. The van der Waals surface area contributed by atoms with E-state index in [4.69, 9.17) is 4.42 Å². The molecule has 0 bridgehead atoms. The van der Waals surface area contributed by atoms with Gasteiger partial charge in [-0.1, -0.05) is 6.92 Å². The maximum atomic E-state index is 12.4. The lowest BCUT2D eigenvalue weighted by molar-refractivity contribution is 0.0747. The summed E-state index contributed by atoms with van der Waals surface area (Å²) in [5, 5.41) is -0.745. The summed E-state index contributed by atoms with van der Waals surface area (Å²) < 4.78 is 29.5. The topological polar surface area (TPSA) is 67.6 Å². The number of hydrogen-bond acceptors (Lipinski definition) is 5. The minimum Gasteiger partial charge on any atom is -0.457 e. The van der Waals surface area contributed by atoms with Gasteiger partial charge in [0.2, 0.25) is 0 Å². The Morgan fingerprint density at radius 3 is 2.95 bits per heavy atom. The van der Waals surface area contributed by atoms with Crippen molar-refractivity contribution in [2.45, 2.75) is 12.3 Å². The number of halogens is 1. The minimum atomic E-state index is -3.28. The van der Waals surface area contributed by atoms with E-state index in [1.54, 1.807) is 24.8 Å². The van der Waals surface area contributed by atoms with Crippen LogP contribution in [0.1, 0.15) is 17.3 Å². The maximum absolute atomic E-state index is 12.4. The van der Waals surface area contributed by atoms with Gasteiger partial charge in [0.1, 0.15) is 5.37 Å². The third kappa shape index (κ3) is 3.00. The van der Waals surface area contributed by atoms with Crippen LogP contribution in [0.3, 0.4) is 0 Å². The number of rotatable bonds is 3. The van der Waals surface area contributed by atoms with Crippen molar-refractivity contribution < 1.29 is 17.6 Å². The highest BCUT2D eigenvalue weighted by molar-refractivity contribution is 9.10. The molecule has 0 N–H and O–H groups in total. The van der Waals surface area contributed by atoms with E-state index in [-0.39, 0.29) is 11.7 Å². The SMILES string of the molecule is CCS(=O)(=O)C1CSCCN1C(=O)c1ccoc1Br. The fourth-order valence-electron chi connectivity index (χ4n) is 1.90. The highest BCUT2D eigenvalue weighted by atomic mass is 79.9. The van der Waals surface area contributed by atoms with E-state index in [1.807, 2.05) is 0 Å². The first-order valence-electron chi connectivity index (χ1n) is 5.80. The fourth-order valence-corrected chi connectivity index (χ4v) is 5.28. The van der Waals surface area contributed by atoms with Crippen LogP contribution < -0.4 is 0 Å². The molecule has 19 heavy (non-hydrogen) atoms. The summed E-state index contributed by atoms with van der Waals surface area (Å²) in [6, 6.07) is 1.55. The highest BCUT2D eigenvalue weighted by Crippen LogP contribution is 2.26. The van der Waals surface area contributed by atoms with Crippen molar-refractivity contribution in [3.63, 3.8) is 0 Å². The van der Waals surface area contributed by atoms with Crippen LogP contribution in [0.15, 0.2) is 21.4 Å². The summed E-state index contributed by atoms with van der Waals surface area (Å²) in [5.74, 6) is 0.908.